The molecule has 1 atom stereocenters. The molecule has 2 rings (SSSR count). The lowest BCUT2D eigenvalue weighted by Gasteiger charge is -2.14. The molecule has 1 aliphatic rings. The van der Waals surface area contributed by atoms with Gasteiger partial charge in [0.25, 0.3) is 0 Å². The van der Waals surface area contributed by atoms with E-state index in [2.05, 4.69) is 30.5 Å². The molecular weight excluding hydrogens is 256 g/mol. The summed E-state index contributed by atoms with van der Waals surface area (Å²) in [6, 6.07) is 8.37. The molecule has 0 saturated carbocycles. The van der Waals surface area contributed by atoms with Crippen LogP contribution in [0, 0.1) is 0 Å². The van der Waals surface area contributed by atoms with Gasteiger partial charge in [0.2, 0.25) is 5.91 Å². The van der Waals surface area contributed by atoms with Crippen LogP contribution in [-0.2, 0) is 4.79 Å². The van der Waals surface area contributed by atoms with Gasteiger partial charge in [-0.15, -0.1) is 11.8 Å². The first-order chi connectivity index (χ1) is 9.15. The van der Waals surface area contributed by atoms with Crippen molar-refractivity contribution in [1.82, 2.24) is 5.32 Å². The highest BCUT2D eigenvalue weighted by atomic mass is 32.2. The average Bonchev–Trinajstić information content (AvgIpc) is 2.83. The maximum Gasteiger partial charge on any atom is 0.225 e. The second-order valence-electron chi connectivity index (χ2n) is 5.21. The van der Waals surface area contributed by atoms with E-state index in [0.717, 1.165) is 23.5 Å². The van der Waals surface area contributed by atoms with Gasteiger partial charge in [0.05, 0.1) is 5.69 Å². The van der Waals surface area contributed by atoms with Crippen molar-refractivity contribution in [2.75, 3.05) is 11.9 Å². The summed E-state index contributed by atoms with van der Waals surface area (Å²) in [6.45, 7) is 5.36. The standard InChI is InChI=1S/C15H22N2OS/c1-11(2)19-14-8-4-3-7-13(14)17-15(18)10-12-6-5-9-16-12/h3-4,7-8,11-12,16H,5-6,9-10H2,1-2H3,(H,17,18). The van der Waals surface area contributed by atoms with Crippen molar-refractivity contribution in [2.45, 2.75) is 49.3 Å². The fraction of sp³-hybridized carbons (Fsp3) is 0.533. The summed E-state index contributed by atoms with van der Waals surface area (Å²) in [5, 5.41) is 6.91. The molecule has 1 aromatic carbocycles. The number of nitrogens with one attached hydrogen (secondary N) is 2. The Balaban J connectivity index is 1.95. The second-order valence-corrected chi connectivity index (χ2v) is 6.83. The molecule has 19 heavy (non-hydrogen) atoms. The molecule has 0 radical (unpaired) electrons. The van der Waals surface area contributed by atoms with Crippen LogP contribution in [0.3, 0.4) is 0 Å². The van der Waals surface area contributed by atoms with Crippen LogP contribution in [0.4, 0.5) is 5.69 Å². The van der Waals surface area contributed by atoms with Crippen molar-refractivity contribution < 1.29 is 4.79 Å². The largest absolute Gasteiger partial charge is 0.325 e. The average molecular weight is 278 g/mol. The van der Waals surface area contributed by atoms with Crippen LogP contribution >= 0.6 is 11.8 Å². The van der Waals surface area contributed by atoms with Crippen LogP contribution in [0.2, 0.25) is 0 Å². The molecule has 1 unspecified atom stereocenters. The van der Waals surface area contributed by atoms with Gasteiger partial charge in [-0.1, -0.05) is 26.0 Å². The third-order valence-electron chi connectivity index (χ3n) is 3.12. The third-order valence-corrected chi connectivity index (χ3v) is 4.20. The predicted molar refractivity (Wildman–Crippen MR) is 81.7 cm³/mol. The molecule has 1 saturated heterocycles. The molecule has 0 aliphatic carbocycles. The number of benzene rings is 1. The number of amides is 1. The highest BCUT2D eigenvalue weighted by Crippen LogP contribution is 2.30. The Labute approximate surface area is 119 Å². The van der Waals surface area contributed by atoms with Gasteiger partial charge < -0.3 is 10.6 Å². The van der Waals surface area contributed by atoms with E-state index in [4.69, 9.17) is 0 Å². The lowest BCUT2D eigenvalue weighted by atomic mass is 10.1. The molecule has 104 valence electrons. The minimum absolute atomic E-state index is 0.108. The Morgan fingerprint density at radius 1 is 1.47 bits per heavy atom. The number of para-hydroxylation sites is 1. The topological polar surface area (TPSA) is 41.1 Å². The van der Waals surface area contributed by atoms with Gasteiger partial charge in [-0.05, 0) is 31.5 Å². The molecule has 0 bridgehead atoms. The SMILES string of the molecule is CC(C)Sc1ccccc1NC(=O)CC1CCCN1. The van der Waals surface area contributed by atoms with Crippen molar-refractivity contribution in [3.05, 3.63) is 24.3 Å². The van der Waals surface area contributed by atoms with E-state index < -0.39 is 0 Å². The first kappa shape index (κ1) is 14.4. The van der Waals surface area contributed by atoms with Gasteiger partial charge in [0, 0.05) is 22.6 Å². The number of carbonyl (C=O) groups excluding carboxylic acids is 1. The van der Waals surface area contributed by atoms with Gasteiger partial charge >= 0.3 is 0 Å². The van der Waals surface area contributed by atoms with Gasteiger partial charge in [-0.3, -0.25) is 4.79 Å². The van der Waals surface area contributed by atoms with Crippen molar-refractivity contribution in [3.8, 4) is 0 Å². The molecule has 1 aromatic rings. The first-order valence-corrected chi connectivity index (χ1v) is 7.82. The lowest BCUT2D eigenvalue weighted by molar-refractivity contribution is -0.116. The Kier molecular flexibility index (Phi) is 5.28. The normalized spacial score (nSPS) is 18.8. The summed E-state index contributed by atoms with van der Waals surface area (Å²) >= 11 is 1.78. The van der Waals surface area contributed by atoms with Gasteiger partial charge in [-0.2, -0.15) is 0 Å². The van der Waals surface area contributed by atoms with Crippen molar-refractivity contribution in [3.63, 3.8) is 0 Å². The molecule has 1 heterocycles. The quantitative estimate of drug-likeness (QED) is 0.812. The summed E-state index contributed by atoms with van der Waals surface area (Å²) in [5.41, 5.74) is 0.934. The zero-order chi connectivity index (χ0) is 13.7. The first-order valence-electron chi connectivity index (χ1n) is 6.94. The minimum Gasteiger partial charge on any atom is -0.325 e. The van der Waals surface area contributed by atoms with E-state index in [0.29, 0.717) is 17.7 Å². The van der Waals surface area contributed by atoms with Crippen molar-refractivity contribution in [1.29, 1.82) is 0 Å². The summed E-state index contributed by atoms with van der Waals surface area (Å²) < 4.78 is 0. The van der Waals surface area contributed by atoms with Crippen molar-refractivity contribution >= 4 is 23.4 Å². The molecule has 1 amide bonds. The molecule has 0 spiro atoms. The number of hydrogen-bond acceptors (Lipinski definition) is 3. The third kappa shape index (κ3) is 4.55. The molecule has 4 heteroatoms. The maximum absolute atomic E-state index is 12.0. The minimum atomic E-state index is 0.108. The summed E-state index contributed by atoms with van der Waals surface area (Å²) in [5.74, 6) is 0.108. The van der Waals surface area contributed by atoms with E-state index in [9.17, 15) is 4.79 Å². The number of anilines is 1. The highest BCUT2D eigenvalue weighted by Gasteiger charge is 2.18. The summed E-state index contributed by atoms with van der Waals surface area (Å²) in [7, 11) is 0. The predicted octanol–water partition coefficient (Wildman–Crippen LogP) is 3.27. The fourth-order valence-electron chi connectivity index (χ4n) is 2.28. The Bertz CT molecular complexity index is 428. The summed E-state index contributed by atoms with van der Waals surface area (Å²) in [6.07, 6.45) is 2.86. The molecule has 3 nitrogen and oxygen atoms in total. The van der Waals surface area contributed by atoms with Crippen LogP contribution in [-0.4, -0.2) is 23.7 Å². The van der Waals surface area contributed by atoms with Crippen LogP contribution in [0.25, 0.3) is 0 Å². The zero-order valence-corrected chi connectivity index (χ0v) is 12.4. The summed E-state index contributed by atoms with van der Waals surface area (Å²) in [4.78, 5) is 13.2. The van der Waals surface area contributed by atoms with E-state index in [-0.39, 0.29) is 5.91 Å². The van der Waals surface area contributed by atoms with E-state index >= 15 is 0 Å². The van der Waals surface area contributed by atoms with Crippen LogP contribution < -0.4 is 10.6 Å². The van der Waals surface area contributed by atoms with Gasteiger partial charge in [0.15, 0.2) is 0 Å². The number of rotatable bonds is 5. The number of carbonyl (C=O) groups is 1. The number of hydrogen-bond donors (Lipinski definition) is 2. The van der Waals surface area contributed by atoms with Gasteiger partial charge in [0.1, 0.15) is 0 Å². The smallest absolute Gasteiger partial charge is 0.225 e. The van der Waals surface area contributed by atoms with E-state index in [1.807, 2.05) is 18.2 Å². The fourth-order valence-corrected chi connectivity index (χ4v) is 3.19. The van der Waals surface area contributed by atoms with E-state index in [1.54, 1.807) is 11.8 Å². The zero-order valence-electron chi connectivity index (χ0n) is 11.6. The maximum atomic E-state index is 12.0. The molecule has 2 N–H and O–H groups in total. The monoisotopic (exact) mass is 278 g/mol. The molecule has 0 aromatic heterocycles. The molecule has 1 fully saturated rings. The Morgan fingerprint density at radius 2 is 2.26 bits per heavy atom. The van der Waals surface area contributed by atoms with Crippen LogP contribution in [0.1, 0.15) is 33.1 Å². The van der Waals surface area contributed by atoms with Gasteiger partial charge in [-0.25, -0.2) is 0 Å². The molecular formula is C15H22N2OS. The Morgan fingerprint density at radius 3 is 2.95 bits per heavy atom. The molecule has 1 aliphatic heterocycles. The Hall–Kier alpha value is -1.00. The van der Waals surface area contributed by atoms with E-state index in [1.165, 1.54) is 6.42 Å². The van der Waals surface area contributed by atoms with Crippen LogP contribution in [0.5, 0.6) is 0 Å². The highest BCUT2D eigenvalue weighted by molar-refractivity contribution is 8.00. The second kappa shape index (κ2) is 6.96. The van der Waals surface area contributed by atoms with Crippen LogP contribution in [0.15, 0.2) is 29.2 Å². The number of thioether (sulfide) groups is 1. The lowest BCUT2D eigenvalue weighted by Crippen LogP contribution is -2.27. The van der Waals surface area contributed by atoms with Crippen molar-refractivity contribution in [2.24, 2.45) is 0 Å².